The van der Waals surface area contributed by atoms with Gasteiger partial charge in [-0.15, -0.1) is 0 Å². The molecule has 0 spiro atoms. The summed E-state index contributed by atoms with van der Waals surface area (Å²) in [6.07, 6.45) is 2.95. The summed E-state index contributed by atoms with van der Waals surface area (Å²) in [5.74, 6) is 1.68. The van der Waals surface area contributed by atoms with E-state index in [9.17, 15) is 5.11 Å². The van der Waals surface area contributed by atoms with Crippen LogP contribution in [0.4, 0.5) is 0 Å². The summed E-state index contributed by atoms with van der Waals surface area (Å²) in [7, 11) is 1.65. The number of piperidine rings is 1. The minimum absolute atomic E-state index is 0.0394. The molecule has 4 nitrogen and oxygen atoms in total. The lowest BCUT2D eigenvalue weighted by molar-refractivity contribution is 0.0648. The molecule has 1 fully saturated rings. The molecule has 0 saturated carbocycles. The van der Waals surface area contributed by atoms with Crippen LogP contribution in [-0.4, -0.2) is 38.5 Å². The van der Waals surface area contributed by atoms with Gasteiger partial charge in [0.1, 0.15) is 11.5 Å². The average molecular weight is 265 g/mol. The standard InChI is InChI=1S/C15H23NO3/c1-18-13-2-4-14(5-3-13)19-11-8-15(12-17)6-9-16-10-7-15/h2-5,16-17H,6-12H2,1H3. The number of hydrogen-bond donors (Lipinski definition) is 2. The molecule has 0 atom stereocenters. The summed E-state index contributed by atoms with van der Waals surface area (Å²) in [5.41, 5.74) is 0.0394. The Labute approximate surface area is 114 Å². The van der Waals surface area contributed by atoms with E-state index in [0.717, 1.165) is 43.9 Å². The Balaban J connectivity index is 1.81. The predicted octanol–water partition coefficient (Wildman–Crippen LogP) is 1.83. The Morgan fingerprint density at radius 1 is 1.16 bits per heavy atom. The third kappa shape index (κ3) is 3.85. The fourth-order valence-electron chi connectivity index (χ4n) is 2.50. The second-order valence-electron chi connectivity index (χ2n) is 5.18. The monoisotopic (exact) mass is 265 g/mol. The van der Waals surface area contributed by atoms with Crippen LogP contribution >= 0.6 is 0 Å². The van der Waals surface area contributed by atoms with Crippen molar-refractivity contribution >= 4 is 0 Å². The maximum absolute atomic E-state index is 9.61. The second kappa shape index (κ2) is 6.78. The summed E-state index contributed by atoms with van der Waals surface area (Å²) < 4.78 is 10.9. The lowest BCUT2D eigenvalue weighted by Gasteiger charge is -2.35. The molecule has 106 valence electrons. The van der Waals surface area contributed by atoms with Crippen molar-refractivity contribution in [3.05, 3.63) is 24.3 Å². The van der Waals surface area contributed by atoms with E-state index in [1.54, 1.807) is 7.11 Å². The molecule has 1 saturated heterocycles. The highest BCUT2D eigenvalue weighted by Gasteiger charge is 2.31. The lowest BCUT2D eigenvalue weighted by Crippen LogP contribution is -2.40. The van der Waals surface area contributed by atoms with Crippen molar-refractivity contribution in [3.63, 3.8) is 0 Å². The van der Waals surface area contributed by atoms with E-state index in [1.165, 1.54) is 0 Å². The summed E-state index contributed by atoms with van der Waals surface area (Å²) in [6, 6.07) is 7.60. The number of rotatable bonds is 6. The van der Waals surface area contributed by atoms with Gasteiger partial charge in [-0.3, -0.25) is 0 Å². The van der Waals surface area contributed by atoms with E-state index in [4.69, 9.17) is 9.47 Å². The molecular formula is C15H23NO3. The van der Waals surface area contributed by atoms with Gasteiger partial charge < -0.3 is 19.9 Å². The smallest absolute Gasteiger partial charge is 0.119 e. The predicted molar refractivity (Wildman–Crippen MR) is 74.7 cm³/mol. The Hall–Kier alpha value is -1.26. The zero-order chi connectivity index (χ0) is 13.6. The van der Waals surface area contributed by atoms with Crippen molar-refractivity contribution in [1.82, 2.24) is 5.32 Å². The normalized spacial score (nSPS) is 18.0. The minimum atomic E-state index is 0.0394. The van der Waals surface area contributed by atoms with Gasteiger partial charge in [0, 0.05) is 6.61 Å². The van der Waals surface area contributed by atoms with Crippen LogP contribution in [0.3, 0.4) is 0 Å². The highest BCUT2D eigenvalue weighted by Crippen LogP contribution is 2.32. The molecule has 1 aromatic rings. The molecule has 4 heteroatoms. The largest absolute Gasteiger partial charge is 0.497 e. The first-order chi connectivity index (χ1) is 9.28. The molecule has 0 bridgehead atoms. The molecule has 1 aromatic carbocycles. The van der Waals surface area contributed by atoms with Crippen LogP contribution in [-0.2, 0) is 0 Å². The number of benzene rings is 1. The van der Waals surface area contributed by atoms with Crippen LogP contribution in [0.1, 0.15) is 19.3 Å². The first-order valence-electron chi connectivity index (χ1n) is 6.86. The van der Waals surface area contributed by atoms with E-state index in [-0.39, 0.29) is 12.0 Å². The van der Waals surface area contributed by atoms with Crippen LogP contribution < -0.4 is 14.8 Å². The topological polar surface area (TPSA) is 50.7 Å². The van der Waals surface area contributed by atoms with E-state index in [2.05, 4.69) is 5.32 Å². The van der Waals surface area contributed by atoms with Crippen molar-refractivity contribution in [2.24, 2.45) is 5.41 Å². The van der Waals surface area contributed by atoms with Crippen molar-refractivity contribution in [2.45, 2.75) is 19.3 Å². The van der Waals surface area contributed by atoms with Crippen LogP contribution in [0.15, 0.2) is 24.3 Å². The van der Waals surface area contributed by atoms with Gasteiger partial charge in [0.25, 0.3) is 0 Å². The van der Waals surface area contributed by atoms with Crippen molar-refractivity contribution in [3.8, 4) is 11.5 Å². The molecule has 1 aliphatic heterocycles. The molecule has 0 aliphatic carbocycles. The molecular weight excluding hydrogens is 242 g/mol. The quantitative estimate of drug-likeness (QED) is 0.824. The minimum Gasteiger partial charge on any atom is -0.497 e. The molecule has 0 unspecified atom stereocenters. The van der Waals surface area contributed by atoms with Crippen molar-refractivity contribution in [2.75, 3.05) is 33.4 Å². The molecule has 0 radical (unpaired) electrons. The zero-order valence-electron chi connectivity index (χ0n) is 11.5. The molecule has 1 aliphatic rings. The van der Waals surface area contributed by atoms with Crippen molar-refractivity contribution in [1.29, 1.82) is 0 Å². The van der Waals surface area contributed by atoms with Crippen LogP contribution in [0.2, 0.25) is 0 Å². The lowest BCUT2D eigenvalue weighted by atomic mass is 9.77. The number of nitrogens with one attached hydrogen (secondary N) is 1. The van der Waals surface area contributed by atoms with E-state index in [0.29, 0.717) is 6.61 Å². The Morgan fingerprint density at radius 2 is 1.79 bits per heavy atom. The molecule has 19 heavy (non-hydrogen) atoms. The SMILES string of the molecule is COc1ccc(OCCC2(CO)CCNCC2)cc1. The van der Waals surface area contributed by atoms with Gasteiger partial charge in [-0.25, -0.2) is 0 Å². The van der Waals surface area contributed by atoms with Gasteiger partial charge in [-0.1, -0.05) is 0 Å². The number of aliphatic hydroxyl groups is 1. The van der Waals surface area contributed by atoms with Crippen LogP contribution in [0.25, 0.3) is 0 Å². The average Bonchev–Trinajstić information content (AvgIpc) is 2.49. The highest BCUT2D eigenvalue weighted by atomic mass is 16.5. The van der Waals surface area contributed by atoms with Gasteiger partial charge in [0.15, 0.2) is 0 Å². The maximum atomic E-state index is 9.61. The van der Waals surface area contributed by atoms with Gasteiger partial charge in [0.05, 0.1) is 13.7 Å². The third-order valence-electron chi connectivity index (χ3n) is 3.96. The fourth-order valence-corrected chi connectivity index (χ4v) is 2.50. The third-order valence-corrected chi connectivity index (χ3v) is 3.96. The molecule has 0 amide bonds. The number of ether oxygens (including phenoxy) is 2. The summed E-state index contributed by atoms with van der Waals surface area (Å²) in [5, 5.41) is 12.9. The first kappa shape index (κ1) is 14.2. The van der Waals surface area contributed by atoms with Crippen LogP contribution in [0, 0.1) is 5.41 Å². The Morgan fingerprint density at radius 3 is 2.37 bits per heavy atom. The zero-order valence-corrected chi connectivity index (χ0v) is 11.5. The number of aliphatic hydroxyl groups excluding tert-OH is 1. The molecule has 1 heterocycles. The van der Waals surface area contributed by atoms with Crippen molar-refractivity contribution < 1.29 is 14.6 Å². The summed E-state index contributed by atoms with van der Waals surface area (Å²) in [4.78, 5) is 0. The number of hydrogen-bond acceptors (Lipinski definition) is 4. The Bertz CT molecular complexity index is 371. The Kier molecular flexibility index (Phi) is 5.05. The van der Waals surface area contributed by atoms with E-state index >= 15 is 0 Å². The maximum Gasteiger partial charge on any atom is 0.119 e. The summed E-state index contributed by atoms with van der Waals surface area (Å²) in [6.45, 7) is 2.87. The first-order valence-corrected chi connectivity index (χ1v) is 6.86. The molecule has 2 rings (SSSR count). The number of methoxy groups -OCH3 is 1. The van der Waals surface area contributed by atoms with E-state index < -0.39 is 0 Å². The fraction of sp³-hybridized carbons (Fsp3) is 0.600. The van der Waals surface area contributed by atoms with Gasteiger partial charge in [0.2, 0.25) is 0 Å². The summed E-state index contributed by atoms with van der Waals surface area (Å²) >= 11 is 0. The van der Waals surface area contributed by atoms with Gasteiger partial charge in [-0.2, -0.15) is 0 Å². The van der Waals surface area contributed by atoms with Crippen LogP contribution in [0.5, 0.6) is 11.5 Å². The molecule has 2 N–H and O–H groups in total. The van der Waals surface area contributed by atoms with Gasteiger partial charge >= 0.3 is 0 Å². The molecule has 0 aromatic heterocycles. The van der Waals surface area contributed by atoms with Gasteiger partial charge in [-0.05, 0) is 62.0 Å². The highest BCUT2D eigenvalue weighted by molar-refractivity contribution is 5.31. The second-order valence-corrected chi connectivity index (χ2v) is 5.18. The van der Waals surface area contributed by atoms with E-state index in [1.807, 2.05) is 24.3 Å².